The van der Waals surface area contributed by atoms with Gasteiger partial charge in [0.25, 0.3) is 0 Å². The monoisotopic (exact) mass is 265 g/mol. The highest BCUT2D eigenvalue weighted by Gasteiger charge is 2.21. The summed E-state index contributed by atoms with van der Waals surface area (Å²) in [5.41, 5.74) is 0. The third-order valence-corrected chi connectivity index (χ3v) is 4.02. The van der Waals surface area contributed by atoms with Gasteiger partial charge in [0, 0.05) is 35.8 Å². The third-order valence-electron chi connectivity index (χ3n) is 2.26. The molecule has 1 heterocycles. The lowest BCUT2D eigenvalue weighted by Gasteiger charge is -2.31. The van der Waals surface area contributed by atoms with Gasteiger partial charge in [-0.15, -0.1) is 0 Å². The quantitative estimate of drug-likeness (QED) is 0.729. The Morgan fingerprint density at radius 1 is 1.69 bits per heavy atom. The maximum Gasteiger partial charge on any atom is 0.223 e. The maximum absolute atomic E-state index is 11.5. The summed E-state index contributed by atoms with van der Waals surface area (Å²) in [5.74, 6) is 1.41. The highest BCUT2D eigenvalue weighted by atomic mass is 79.9. The predicted molar refractivity (Wildman–Crippen MR) is 61.5 cm³/mol. The van der Waals surface area contributed by atoms with E-state index in [4.69, 9.17) is 0 Å². The third kappa shape index (κ3) is 3.50. The number of alkyl halides is 1. The first-order valence-electron chi connectivity index (χ1n) is 4.73. The standard InChI is InChI=1S/C9H16BrNOS/c1-2-8-7-11(5-6-13-8)9(12)3-4-10/h8H,2-7H2,1H3. The molecular weight excluding hydrogens is 250 g/mol. The molecule has 0 N–H and O–H groups in total. The van der Waals surface area contributed by atoms with E-state index in [1.54, 1.807) is 0 Å². The molecule has 1 unspecified atom stereocenters. The van der Waals surface area contributed by atoms with E-state index in [-0.39, 0.29) is 0 Å². The fraction of sp³-hybridized carbons (Fsp3) is 0.889. The van der Waals surface area contributed by atoms with Crippen LogP contribution in [0.1, 0.15) is 19.8 Å². The predicted octanol–water partition coefficient (Wildman–Crippen LogP) is 2.13. The first-order valence-corrected chi connectivity index (χ1v) is 6.90. The number of rotatable bonds is 3. The average molecular weight is 266 g/mol. The molecule has 0 aliphatic carbocycles. The lowest BCUT2D eigenvalue weighted by atomic mass is 10.3. The molecule has 1 rings (SSSR count). The first-order chi connectivity index (χ1) is 6.27. The van der Waals surface area contributed by atoms with Crippen LogP contribution in [0.2, 0.25) is 0 Å². The van der Waals surface area contributed by atoms with E-state index in [1.807, 2.05) is 16.7 Å². The molecule has 1 fully saturated rings. The maximum atomic E-state index is 11.5. The van der Waals surface area contributed by atoms with Crippen LogP contribution >= 0.6 is 27.7 Å². The molecule has 13 heavy (non-hydrogen) atoms. The van der Waals surface area contributed by atoms with Crippen molar-refractivity contribution in [2.75, 3.05) is 24.2 Å². The number of hydrogen-bond acceptors (Lipinski definition) is 2. The molecule has 1 aliphatic rings. The zero-order valence-electron chi connectivity index (χ0n) is 7.96. The minimum absolute atomic E-state index is 0.302. The van der Waals surface area contributed by atoms with Crippen LogP contribution in [-0.4, -0.2) is 40.2 Å². The fourth-order valence-corrected chi connectivity index (χ4v) is 2.95. The Morgan fingerprint density at radius 3 is 3.08 bits per heavy atom. The van der Waals surface area contributed by atoms with E-state index in [0.29, 0.717) is 17.6 Å². The van der Waals surface area contributed by atoms with Crippen molar-refractivity contribution in [2.24, 2.45) is 0 Å². The minimum Gasteiger partial charge on any atom is -0.341 e. The summed E-state index contributed by atoms with van der Waals surface area (Å²) in [6, 6.07) is 0. The molecule has 0 aromatic heterocycles. The zero-order valence-corrected chi connectivity index (χ0v) is 10.4. The van der Waals surface area contributed by atoms with Crippen molar-refractivity contribution in [1.29, 1.82) is 0 Å². The van der Waals surface area contributed by atoms with Gasteiger partial charge in [0.1, 0.15) is 0 Å². The Bertz CT molecular complexity index is 177. The number of amides is 1. The molecule has 0 aromatic rings. The molecule has 0 spiro atoms. The molecule has 1 saturated heterocycles. The van der Waals surface area contributed by atoms with Crippen molar-refractivity contribution in [3.05, 3.63) is 0 Å². The summed E-state index contributed by atoms with van der Waals surface area (Å²) in [4.78, 5) is 13.6. The van der Waals surface area contributed by atoms with Crippen molar-refractivity contribution in [2.45, 2.75) is 25.0 Å². The summed E-state index contributed by atoms with van der Waals surface area (Å²) >= 11 is 5.29. The highest BCUT2D eigenvalue weighted by molar-refractivity contribution is 9.09. The molecule has 0 radical (unpaired) electrons. The summed E-state index contributed by atoms with van der Waals surface area (Å²) in [6.45, 7) is 4.08. The second-order valence-corrected chi connectivity index (χ2v) is 5.38. The van der Waals surface area contributed by atoms with E-state index >= 15 is 0 Å². The van der Waals surface area contributed by atoms with Crippen LogP contribution in [0.4, 0.5) is 0 Å². The number of carbonyl (C=O) groups excluding carboxylic acids is 1. The van der Waals surface area contributed by atoms with E-state index in [2.05, 4.69) is 22.9 Å². The molecule has 0 bridgehead atoms. The van der Waals surface area contributed by atoms with Gasteiger partial charge in [0.05, 0.1) is 0 Å². The van der Waals surface area contributed by atoms with E-state index in [1.165, 1.54) is 6.42 Å². The van der Waals surface area contributed by atoms with Crippen LogP contribution < -0.4 is 0 Å². The second kappa shape index (κ2) is 5.91. The normalized spacial score (nSPS) is 23.2. The highest BCUT2D eigenvalue weighted by Crippen LogP contribution is 2.21. The van der Waals surface area contributed by atoms with Gasteiger partial charge >= 0.3 is 0 Å². The van der Waals surface area contributed by atoms with Gasteiger partial charge in [-0.3, -0.25) is 4.79 Å². The number of nitrogens with zero attached hydrogens (tertiary/aromatic N) is 1. The molecule has 1 aliphatic heterocycles. The number of hydrogen-bond donors (Lipinski definition) is 0. The SMILES string of the molecule is CCC1CN(C(=O)CCBr)CCS1. The Balaban J connectivity index is 2.37. The van der Waals surface area contributed by atoms with E-state index in [9.17, 15) is 4.79 Å². The Morgan fingerprint density at radius 2 is 2.46 bits per heavy atom. The lowest BCUT2D eigenvalue weighted by Crippen LogP contribution is -2.41. The molecule has 0 aromatic carbocycles. The molecule has 1 amide bonds. The Labute approximate surface area is 92.6 Å². The van der Waals surface area contributed by atoms with Gasteiger partial charge in [-0.05, 0) is 6.42 Å². The van der Waals surface area contributed by atoms with Crippen molar-refractivity contribution in [1.82, 2.24) is 4.90 Å². The molecule has 4 heteroatoms. The van der Waals surface area contributed by atoms with Crippen LogP contribution in [-0.2, 0) is 4.79 Å². The van der Waals surface area contributed by atoms with Crippen LogP contribution in [0.5, 0.6) is 0 Å². The topological polar surface area (TPSA) is 20.3 Å². The summed E-state index contributed by atoms with van der Waals surface area (Å²) in [5, 5.41) is 1.44. The average Bonchev–Trinajstić information content (AvgIpc) is 2.18. The van der Waals surface area contributed by atoms with Crippen molar-refractivity contribution in [3.63, 3.8) is 0 Å². The first kappa shape index (κ1) is 11.4. The van der Waals surface area contributed by atoms with Crippen LogP contribution in [0.25, 0.3) is 0 Å². The summed E-state index contributed by atoms with van der Waals surface area (Å²) in [6.07, 6.45) is 1.81. The van der Waals surface area contributed by atoms with Gasteiger partial charge in [-0.25, -0.2) is 0 Å². The largest absolute Gasteiger partial charge is 0.341 e. The Kier molecular flexibility index (Phi) is 5.17. The number of halogens is 1. The van der Waals surface area contributed by atoms with Crippen molar-refractivity contribution >= 4 is 33.6 Å². The van der Waals surface area contributed by atoms with Crippen molar-refractivity contribution in [3.8, 4) is 0 Å². The van der Waals surface area contributed by atoms with Gasteiger partial charge in [0.15, 0.2) is 0 Å². The van der Waals surface area contributed by atoms with Gasteiger partial charge < -0.3 is 4.90 Å². The zero-order chi connectivity index (χ0) is 9.68. The van der Waals surface area contributed by atoms with Crippen LogP contribution in [0, 0.1) is 0 Å². The molecule has 2 nitrogen and oxygen atoms in total. The summed E-state index contributed by atoms with van der Waals surface area (Å²) in [7, 11) is 0. The van der Waals surface area contributed by atoms with Crippen LogP contribution in [0.15, 0.2) is 0 Å². The summed E-state index contributed by atoms with van der Waals surface area (Å²) < 4.78 is 0. The van der Waals surface area contributed by atoms with Gasteiger partial charge in [-0.2, -0.15) is 11.8 Å². The molecule has 76 valence electrons. The second-order valence-electron chi connectivity index (χ2n) is 3.18. The van der Waals surface area contributed by atoms with E-state index < -0.39 is 0 Å². The Hall–Kier alpha value is 0.300. The fourth-order valence-electron chi connectivity index (χ4n) is 1.43. The molecular formula is C9H16BrNOS. The smallest absolute Gasteiger partial charge is 0.223 e. The minimum atomic E-state index is 0.302. The number of thioether (sulfide) groups is 1. The van der Waals surface area contributed by atoms with Gasteiger partial charge in [-0.1, -0.05) is 22.9 Å². The van der Waals surface area contributed by atoms with Crippen molar-refractivity contribution < 1.29 is 4.79 Å². The van der Waals surface area contributed by atoms with Gasteiger partial charge in [0.2, 0.25) is 5.91 Å². The lowest BCUT2D eigenvalue weighted by molar-refractivity contribution is -0.130. The van der Waals surface area contributed by atoms with E-state index in [0.717, 1.165) is 24.2 Å². The molecule has 1 atom stereocenters. The number of carbonyl (C=O) groups is 1. The molecule has 0 saturated carbocycles. The van der Waals surface area contributed by atoms with Crippen LogP contribution in [0.3, 0.4) is 0 Å².